The molecule has 2 aromatic rings. The number of ketones is 1. The maximum absolute atomic E-state index is 12.2. The first-order valence-electron chi connectivity index (χ1n) is 5.89. The molecule has 0 amide bonds. The summed E-state index contributed by atoms with van der Waals surface area (Å²) in [6.07, 6.45) is 1.99. The fourth-order valence-corrected chi connectivity index (χ4v) is 1.88. The summed E-state index contributed by atoms with van der Waals surface area (Å²) in [4.78, 5) is 12.2. The van der Waals surface area contributed by atoms with Gasteiger partial charge in [-0.25, -0.2) is 0 Å². The third-order valence-corrected chi connectivity index (χ3v) is 2.83. The monoisotopic (exact) mass is 254 g/mol. The van der Waals surface area contributed by atoms with Crippen LogP contribution in [0.1, 0.15) is 21.5 Å². The van der Waals surface area contributed by atoms with Gasteiger partial charge in [0.15, 0.2) is 17.3 Å². The fraction of sp³-hybridized carbons (Fsp3) is 0.0625. The van der Waals surface area contributed by atoms with Gasteiger partial charge in [0, 0.05) is 16.7 Å². The average Bonchev–Trinajstić information content (AvgIpc) is 2.44. The van der Waals surface area contributed by atoms with Gasteiger partial charge in [0.1, 0.15) is 0 Å². The van der Waals surface area contributed by atoms with Gasteiger partial charge >= 0.3 is 0 Å². The molecule has 3 heteroatoms. The highest BCUT2D eigenvalue weighted by Gasteiger charge is 2.14. The number of rotatable bonds is 4. The first-order chi connectivity index (χ1) is 9.13. The zero-order chi connectivity index (χ0) is 13.8. The van der Waals surface area contributed by atoms with E-state index in [0.717, 1.165) is 0 Å². The lowest BCUT2D eigenvalue weighted by Crippen LogP contribution is -2.02. The average molecular weight is 254 g/mol. The Kier molecular flexibility index (Phi) is 3.66. The molecule has 0 spiro atoms. The van der Waals surface area contributed by atoms with Gasteiger partial charge in [0.2, 0.25) is 0 Å². The Morgan fingerprint density at radius 3 is 2.42 bits per heavy atom. The number of hydrogen-bond donors (Lipinski definition) is 2. The van der Waals surface area contributed by atoms with E-state index in [-0.39, 0.29) is 17.3 Å². The van der Waals surface area contributed by atoms with E-state index >= 15 is 0 Å². The molecule has 0 saturated heterocycles. The van der Waals surface area contributed by atoms with E-state index < -0.39 is 0 Å². The van der Waals surface area contributed by atoms with Crippen molar-refractivity contribution >= 4 is 5.78 Å². The van der Waals surface area contributed by atoms with Crippen molar-refractivity contribution in [3.8, 4) is 11.5 Å². The summed E-state index contributed by atoms with van der Waals surface area (Å²) in [7, 11) is 0. The van der Waals surface area contributed by atoms with E-state index in [1.54, 1.807) is 36.4 Å². The molecular weight excluding hydrogens is 240 g/mol. The third-order valence-electron chi connectivity index (χ3n) is 2.83. The molecule has 0 aliphatic carbocycles. The molecule has 0 aromatic heterocycles. The highest BCUT2D eigenvalue weighted by Crippen LogP contribution is 2.31. The van der Waals surface area contributed by atoms with E-state index in [0.29, 0.717) is 23.1 Å². The predicted octanol–water partition coefficient (Wildman–Crippen LogP) is 3.06. The number of phenolic OH excluding ortho intramolecular Hbond substituents is 2. The highest BCUT2D eigenvalue weighted by atomic mass is 16.3. The molecule has 96 valence electrons. The SMILES string of the molecule is C=CCc1cc(C(=O)c2ccccc2)cc(O)c1O. The van der Waals surface area contributed by atoms with Crippen LogP contribution in [-0.2, 0) is 6.42 Å². The van der Waals surface area contributed by atoms with Crippen molar-refractivity contribution in [1.82, 2.24) is 0 Å². The minimum Gasteiger partial charge on any atom is -0.504 e. The Morgan fingerprint density at radius 1 is 1.11 bits per heavy atom. The van der Waals surface area contributed by atoms with Crippen LogP contribution < -0.4 is 0 Å². The maximum atomic E-state index is 12.2. The molecule has 0 radical (unpaired) electrons. The first kappa shape index (κ1) is 12.9. The standard InChI is InChI=1S/C16H14O3/c1-2-6-12-9-13(10-14(17)16(12)19)15(18)11-7-4-3-5-8-11/h2-5,7-10,17,19H,1,6H2. The van der Waals surface area contributed by atoms with E-state index in [4.69, 9.17) is 0 Å². The predicted molar refractivity (Wildman–Crippen MR) is 73.5 cm³/mol. The van der Waals surface area contributed by atoms with E-state index in [9.17, 15) is 15.0 Å². The van der Waals surface area contributed by atoms with Crippen LogP contribution in [0.2, 0.25) is 0 Å². The number of allylic oxidation sites excluding steroid dienone is 1. The van der Waals surface area contributed by atoms with Crippen molar-refractivity contribution in [2.24, 2.45) is 0 Å². The van der Waals surface area contributed by atoms with Crippen molar-refractivity contribution in [1.29, 1.82) is 0 Å². The van der Waals surface area contributed by atoms with Crippen LogP contribution in [0.4, 0.5) is 0 Å². The van der Waals surface area contributed by atoms with Crippen LogP contribution >= 0.6 is 0 Å². The quantitative estimate of drug-likeness (QED) is 0.501. The molecule has 2 aromatic carbocycles. The molecule has 0 heterocycles. The molecule has 0 saturated carbocycles. The second kappa shape index (κ2) is 5.40. The van der Waals surface area contributed by atoms with Gasteiger partial charge < -0.3 is 10.2 Å². The molecule has 0 unspecified atom stereocenters. The zero-order valence-electron chi connectivity index (χ0n) is 10.3. The number of carbonyl (C=O) groups is 1. The number of aromatic hydroxyl groups is 2. The summed E-state index contributed by atoms with van der Waals surface area (Å²) in [5.74, 6) is -0.690. The van der Waals surface area contributed by atoms with E-state index in [1.165, 1.54) is 6.07 Å². The summed E-state index contributed by atoms with van der Waals surface area (Å²) in [6, 6.07) is 11.6. The Labute approximate surface area is 111 Å². The Bertz CT molecular complexity index is 615. The van der Waals surface area contributed by atoms with Crippen molar-refractivity contribution in [3.05, 3.63) is 71.8 Å². The normalized spacial score (nSPS) is 10.1. The molecule has 0 fully saturated rings. The molecule has 2 rings (SSSR count). The molecule has 3 nitrogen and oxygen atoms in total. The summed E-state index contributed by atoms with van der Waals surface area (Å²) >= 11 is 0. The molecule has 0 atom stereocenters. The van der Waals surface area contributed by atoms with Gasteiger partial charge in [0.05, 0.1) is 0 Å². The number of carbonyl (C=O) groups excluding carboxylic acids is 1. The van der Waals surface area contributed by atoms with Crippen molar-refractivity contribution in [2.75, 3.05) is 0 Å². The number of hydrogen-bond acceptors (Lipinski definition) is 3. The van der Waals surface area contributed by atoms with Crippen LogP contribution in [0.15, 0.2) is 55.1 Å². The number of phenols is 2. The van der Waals surface area contributed by atoms with Crippen LogP contribution in [0.25, 0.3) is 0 Å². The minimum atomic E-state index is -0.293. The molecule has 2 N–H and O–H groups in total. The molecule has 0 aliphatic heterocycles. The Balaban J connectivity index is 2.46. The van der Waals surface area contributed by atoms with Crippen molar-refractivity contribution in [3.63, 3.8) is 0 Å². The first-order valence-corrected chi connectivity index (χ1v) is 5.89. The Morgan fingerprint density at radius 2 is 1.79 bits per heavy atom. The lowest BCUT2D eigenvalue weighted by Gasteiger charge is -2.08. The topological polar surface area (TPSA) is 57.5 Å². The second-order valence-electron chi connectivity index (χ2n) is 4.19. The van der Waals surface area contributed by atoms with Crippen LogP contribution in [0.3, 0.4) is 0 Å². The summed E-state index contributed by atoms with van der Waals surface area (Å²) in [5.41, 5.74) is 1.37. The third kappa shape index (κ3) is 2.65. The largest absolute Gasteiger partial charge is 0.504 e. The number of benzene rings is 2. The molecule has 0 aliphatic rings. The molecule has 19 heavy (non-hydrogen) atoms. The smallest absolute Gasteiger partial charge is 0.193 e. The lowest BCUT2D eigenvalue weighted by atomic mass is 9.99. The van der Waals surface area contributed by atoms with Gasteiger partial charge in [-0.2, -0.15) is 0 Å². The summed E-state index contributed by atoms with van der Waals surface area (Å²) < 4.78 is 0. The van der Waals surface area contributed by atoms with Crippen LogP contribution in [0, 0.1) is 0 Å². The van der Waals surface area contributed by atoms with Gasteiger partial charge in [-0.05, 0) is 18.6 Å². The summed E-state index contributed by atoms with van der Waals surface area (Å²) in [6.45, 7) is 3.58. The fourth-order valence-electron chi connectivity index (χ4n) is 1.88. The van der Waals surface area contributed by atoms with Crippen molar-refractivity contribution < 1.29 is 15.0 Å². The van der Waals surface area contributed by atoms with Crippen LogP contribution in [-0.4, -0.2) is 16.0 Å². The molecule has 0 bridgehead atoms. The highest BCUT2D eigenvalue weighted by molar-refractivity contribution is 6.09. The van der Waals surface area contributed by atoms with Crippen LogP contribution in [0.5, 0.6) is 11.5 Å². The maximum Gasteiger partial charge on any atom is 0.193 e. The summed E-state index contributed by atoms with van der Waals surface area (Å²) in [5, 5.41) is 19.4. The molecular formula is C16H14O3. The van der Waals surface area contributed by atoms with E-state index in [2.05, 4.69) is 6.58 Å². The van der Waals surface area contributed by atoms with Gasteiger partial charge in [-0.15, -0.1) is 6.58 Å². The van der Waals surface area contributed by atoms with Gasteiger partial charge in [-0.1, -0.05) is 36.4 Å². The Hall–Kier alpha value is -2.55. The lowest BCUT2D eigenvalue weighted by molar-refractivity contribution is 0.103. The zero-order valence-corrected chi connectivity index (χ0v) is 10.3. The second-order valence-corrected chi connectivity index (χ2v) is 4.19. The van der Waals surface area contributed by atoms with E-state index in [1.807, 2.05) is 6.07 Å². The van der Waals surface area contributed by atoms with Gasteiger partial charge in [0.25, 0.3) is 0 Å². The van der Waals surface area contributed by atoms with Gasteiger partial charge in [-0.3, -0.25) is 4.79 Å². The van der Waals surface area contributed by atoms with Crippen molar-refractivity contribution in [2.45, 2.75) is 6.42 Å². The minimum absolute atomic E-state index is 0.193.